The Hall–Kier alpha value is -2.56. The van der Waals surface area contributed by atoms with Gasteiger partial charge in [0.15, 0.2) is 0 Å². The van der Waals surface area contributed by atoms with Gasteiger partial charge in [-0.2, -0.15) is 18.2 Å². The molecule has 5 nitrogen and oxygen atoms in total. The molecule has 0 spiro atoms. The first-order valence-electron chi connectivity index (χ1n) is 8.71. The van der Waals surface area contributed by atoms with Crippen LogP contribution >= 0.6 is 22.6 Å². The van der Waals surface area contributed by atoms with Crippen molar-refractivity contribution in [2.24, 2.45) is 0 Å². The van der Waals surface area contributed by atoms with Crippen molar-refractivity contribution >= 4 is 45.7 Å². The highest BCUT2D eigenvalue weighted by Crippen LogP contribution is 2.35. The van der Waals surface area contributed by atoms with Crippen LogP contribution in [0.15, 0.2) is 54.7 Å². The average molecular weight is 514 g/mol. The normalized spacial score (nSPS) is 11.4. The van der Waals surface area contributed by atoms with E-state index in [0.29, 0.717) is 17.1 Å². The highest BCUT2D eigenvalue weighted by atomic mass is 127. The number of halogens is 4. The van der Waals surface area contributed by atoms with Crippen LogP contribution < -0.4 is 15.4 Å². The number of hydrogen-bond acceptors (Lipinski definition) is 5. The predicted molar refractivity (Wildman–Crippen MR) is 115 cm³/mol. The van der Waals surface area contributed by atoms with Gasteiger partial charge in [-0.25, -0.2) is 4.98 Å². The van der Waals surface area contributed by atoms with E-state index >= 15 is 0 Å². The Balaban J connectivity index is 1.87. The number of rotatable bonds is 6. The minimum Gasteiger partial charge on any atom is -0.491 e. The summed E-state index contributed by atoms with van der Waals surface area (Å²) in [4.78, 5) is 7.84. The maximum Gasteiger partial charge on any atom is 0.421 e. The zero-order valence-corrected chi connectivity index (χ0v) is 17.7. The fourth-order valence-corrected chi connectivity index (χ4v) is 2.79. The lowest BCUT2D eigenvalue weighted by Gasteiger charge is -2.15. The Labute approximate surface area is 179 Å². The van der Waals surface area contributed by atoms with Crippen LogP contribution in [0, 0.1) is 3.57 Å². The SMILES string of the molecule is CC(C)Oc1ccc(Nc2nc(Nc3ccc(I)cc3)ncc2C(F)(F)F)cc1. The number of anilines is 4. The Morgan fingerprint density at radius 1 is 0.931 bits per heavy atom. The van der Waals surface area contributed by atoms with Crippen molar-refractivity contribution in [3.8, 4) is 5.75 Å². The fraction of sp³-hybridized carbons (Fsp3) is 0.200. The van der Waals surface area contributed by atoms with Crippen LogP contribution in [0.3, 0.4) is 0 Å². The number of aromatic nitrogens is 2. The van der Waals surface area contributed by atoms with E-state index in [9.17, 15) is 13.2 Å². The molecular formula is C20H18F3IN4O. The van der Waals surface area contributed by atoms with Crippen molar-refractivity contribution < 1.29 is 17.9 Å². The third-order valence-corrected chi connectivity index (χ3v) is 4.40. The number of nitrogens with one attached hydrogen (secondary N) is 2. The van der Waals surface area contributed by atoms with Gasteiger partial charge >= 0.3 is 6.18 Å². The summed E-state index contributed by atoms with van der Waals surface area (Å²) in [6.07, 6.45) is -3.83. The summed E-state index contributed by atoms with van der Waals surface area (Å²) in [7, 11) is 0. The van der Waals surface area contributed by atoms with Gasteiger partial charge in [-0.05, 0) is 85.0 Å². The van der Waals surface area contributed by atoms with E-state index < -0.39 is 11.7 Å². The molecule has 0 fully saturated rings. The van der Waals surface area contributed by atoms with Crippen molar-refractivity contribution in [2.75, 3.05) is 10.6 Å². The van der Waals surface area contributed by atoms with E-state index in [2.05, 4.69) is 43.2 Å². The van der Waals surface area contributed by atoms with E-state index in [0.717, 1.165) is 9.77 Å². The highest BCUT2D eigenvalue weighted by Gasteiger charge is 2.35. The van der Waals surface area contributed by atoms with Crippen LogP contribution in [0.1, 0.15) is 19.4 Å². The van der Waals surface area contributed by atoms with Crippen molar-refractivity contribution in [2.45, 2.75) is 26.1 Å². The quantitative estimate of drug-likeness (QED) is 0.375. The van der Waals surface area contributed by atoms with Gasteiger partial charge in [0.25, 0.3) is 0 Å². The molecule has 0 saturated carbocycles. The molecule has 2 aromatic carbocycles. The second kappa shape index (κ2) is 8.85. The Morgan fingerprint density at radius 3 is 2.10 bits per heavy atom. The van der Waals surface area contributed by atoms with Crippen LogP contribution in [-0.4, -0.2) is 16.1 Å². The summed E-state index contributed by atoms with van der Waals surface area (Å²) < 4.78 is 46.8. The molecule has 0 aliphatic carbocycles. The van der Waals surface area contributed by atoms with Crippen LogP contribution in [0.25, 0.3) is 0 Å². The first-order chi connectivity index (χ1) is 13.7. The topological polar surface area (TPSA) is 59.1 Å². The predicted octanol–water partition coefficient (Wildman–Crippen LogP) is 6.37. The number of hydrogen-bond donors (Lipinski definition) is 2. The largest absolute Gasteiger partial charge is 0.491 e. The second-order valence-electron chi connectivity index (χ2n) is 6.40. The molecule has 0 saturated heterocycles. The maximum atomic E-state index is 13.4. The summed E-state index contributed by atoms with van der Waals surface area (Å²) >= 11 is 2.16. The van der Waals surface area contributed by atoms with Gasteiger partial charge in [-0.15, -0.1) is 0 Å². The van der Waals surface area contributed by atoms with E-state index in [1.165, 1.54) is 0 Å². The van der Waals surface area contributed by atoms with E-state index in [4.69, 9.17) is 4.74 Å². The zero-order chi connectivity index (χ0) is 21.0. The molecular weight excluding hydrogens is 496 g/mol. The lowest BCUT2D eigenvalue weighted by Crippen LogP contribution is -2.12. The summed E-state index contributed by atoms with van der Waals surface area (Å²) in [6.45, 7) is 3.79. The molecule has 0 unspecified atom stereocenters. The standard InChI is InChI=1S/C20H18F3IN4O/c1-12(2)29-16-9-7-14(8-10-16)26-18-17(20(21,22)23)11-25-19(28-18)27-15-5-3-13(24)4-6-15/h3-12H,1-2H3,(H2,25,26,27,28). The van der Waals surface area contributed by atoms with E-state index in [1.807, 2.05) is 26.0 Å². The molecule has 0 radical (unpaired) electrons. The molecule has 0 aliphatic heterocycles. The van der Waals surface area contributed by atoms with Crippen molar-refractivity contribution in [3.05, 3.63) is 63.9 Å². The van der Waals surface area contributed by atoms with Crippen LogP contribution in [-0.2, 0) is 6.18 Å². The second-order valence-corrected chi connectivity index (χ2v) is 7.65. The summed E-state index contributed by atoms with van der Waals surface area (Å²) in [6, 6.07) is 14.0. The minimum atomic E-state index is -4.59. The van der Waals surface area contributed by atoms with Crippen molar-refractivity contribution in [3.63, 3.8) is 0 Å². The van der Waals surface area contributed by atoms with Gasteiger partial charge in [0.1, 0.15) is 17.1 Å². The molecule has 0 bridgehead atoms. The lowest BCUT2D eigenvalue weighted by atomic mass is 10.2. The molecule has 0 atom stereocenters. The third-order valence-electron chi connectivity index (χ3n) is 3.68. The van der Waals surface area contributed by atoms with E-state index in [-0.39, 0.29) is 17.9 Å². The van der Waals surface area contributed by atoms with Crippen molar-refractivity contribution in [1.82, 2.24) is 9.97 Å². The smallest absolute Gasteiger partial charge is 0.421 e. The molecule has 3 aromatic rings. The molecule has 0 aliphatic rings. The van der Waals surface area contributed by atoms with Gasteiger partial charge in [0, 0.05) is 21.1 Å². The first kappa shape index (κ1) is 21.2. The number of benzene rings is 2. The Bertz CT molecular complexity index is 961. The highest BCUT2D eigenvalue weighted by molar-refractivity contribution is 14.1. The van der Waals surface area contributed by atoms with Gasteiger partial charge in [0.05, 0.1) is 6.10 Å². The zero-order valence-electron chi connectivity index (χ0n) is 15.6. The van der Waals surface area contributed by atoms with Crippen molar-refractivity contribution in [1.29, 1.82) is 0 Å². The first-order valence-corrected chi connectivity index (χ1v) is 9.79. The molecule has 0 amide bonds. The van der Waals surface area contributed by atoms with Gasteiger partial charge < -0.3 is 15.4 Å². The molecule has 2 N–H and O–H groups in total. The molecule has 3 rings (SSSR count). The summed E-state index contributed by atoms with van der Waals surface area (Å²) in [5.74, 6) is 0.352. The lowest BCUT2D eigenvalue weighted by molar-refractivity contribution is -0.137. The number of alkyl halides is 3. The third kappa shape index (κ3) is 5.96. The minimum absolute atomic E-state index is 0.00223. The number of ether oxygens (including phenoxy) is 1. The van der Waals surface area contributed by atoms with Crippen LogP contribution in [0.4, 0.5) is 36.3 Å². The molecule has 9 heteroatoms. The molecule has 152 valence electrons. The van der Waals surface area contributed by atoms with Crippen LogP contribution in [0.2, 0.25) is 0 Å². The van der Waals surface area contributed by atoms with Gasteiger partial charge in [-0.1, -0.05) is 0 Å². The van der Waals surface area contributed by atoms with Gasteiger partial charge in [0.2, 0.25) is 5.95 Å². The Kier molecular flexibility index (Phi) is 6.46. The molecule has 29 heavy (non-hydrogen) atoms. The summed E-state index contributed by atoms with van der Waals surface area (Å²) in [5, 5.41) is 5.64. The fourth-order valence-electron chi connectivity index (χ4n) is 2.43. The molecule has 1 heterocycles. The van der Waals surface area contributed by atoms with Gasteiger partial charge in [-0.3, -0.25) is 0 Å². The van der Waals surface area contributed by atoms with Crippen LogP contribution in [0.5, 0.6) is 5.75 Å². The monoisotopic (exact) mass is 514 g/mol. The van der Waals surface area contributed by atoms with E-state index in [1.54, 1.807) is 36.4 Å². The summed E-state index contributed by atoms with van der Waals surface area (Å²) in [5.41, 5.74) is 0.171. The Morgan fingerprint density at radius 2 is 1.52 bits per heavy atom. The average Bonchev–Trinajstić information content (AvgIpc) is 2.64. The maximum absolute atomic E-state index is 13.4. The molecule has 1 aromatic heterocycles. The number of nitrogens with zero attached hydrogens (tertiary/aromatic N) is 2.